The minimum Gasteiger partial charge on any atom is -0.344 e. The van der Waals surface area contributed by atoms with Gasteiger partial charge in [-0.2, -0.15) is 0 Å². The summed E-state index contributed by atoms with van der Waals surface area (Å²) in [5.41, 5.74) is 1.50. The fourth-order valence-corrected chi connectivity index (χ4v) is 3.44. The van der Waals surface area contributed by atoms with Crippen molar-refractivity contribution in [3.63, 3.8) is 0 Å². The first-order chi connectivity index (χ1) is 11.6. The number of amides is 1. The first-order valence-electron chi connectivity index (χ1n) is 8.17. The molecule has 3 rings (SSSR count). The number of hydrogen-bond acceptors (Lipinski definition) is 2. The van der Waals surface area contributed by atoms with Crippen molar-refractivity contribution in [2.24, 2.45) is 0 Å². The lowest BCUT2D eigenvalue weighted by molar-refractivity contribution is 0.0927. The Balaban J connectivity index is 1.80. The van der Waals surface area contributed by atoms with Crippen molar-refractivity contribution in [2.75, 3.05) is 19.6 Å². The van der Waals surface area contributed by atoms with Crippen LogP contribution in [0.2, 0.25) is 10.0 Å². The maximum absolute atomic E-state index is 12.7. The van der Waals surface area contributed by atoms with E-state index in [1.807, 2.05) is 30.3 Å². The molecule has 0 bridgehead atoms. The van der Waals surface area contributed by atoms with E-state index in [0.717, 1.165) is 25.2 Å². The Bertz CT molecular complexity index is 700. The van der Waals surface area contributed by atoms with E-state index in [4.69, 9.17) is 23.2 Å². The van der Waals surface area contributed by atoms with Crippen molar-refractivity contribution in [3.8, 4) is 0 Å². The van der Waals surface area contributed by atoms with Crippen LogP contribution in [0.15, 0.2) is 48.5 Å². The van der Waals surface area contributed by atoms with E-state index in [9.17, 15) is 4.79 Å². The Kier molecular flexibility index (Phi) is 5.77. The number of hydrogen-bond donors (Lipinski definition) is 1. The zero-order valence-electron chi connectivity index (χ0n) is 13.3. The predicted octanol–water partition coefficient (Wildman–Crippen LogP) is 4.56. The second-order valence-electron chi connectivity index (χ2n) is 6.05. The van der Waals surface area contributed by atoms with E-state index in [1.54, 1.807) is 18.2 Å². The molecule has 2 aromatic carbocycles. The standard InChI is InChI=1S/C19H20Cl2N2O/c20-16-10-6-9-15(18(16)21)19(24)22-17(13-23-11-4-5-12-23)14-7-2-1-3-8-14/h1-3,6-10,17H,4-5,11-13H2,(H,22,24)/t17-/m1/s1. The van der Waals surface area contributed by atoms with Gasteiger partial charge in [-0.05, 0) is 43.6 Å². The summed E-state index contributed by atoms with van der Waals surface area (Å²) in [5, 5.41) is 3.81. The van der Waals surface area contributed by atoms with Crippen LogP contribution < -0.4 is 5.32 Å². The quantitative estimate of drug-likeness (QED) is 0.845. The number of benzene rings is 2. The van der Waals surface area contributed by atoms with Crippen LogP contribution in [0.3, 0.4) is 0 Å². The van der Waals surface area contributed by atoms with E-state index < -0.39 is 0 Å². The number of nitrogens with zero attached hydrogens (tertiary/aromatic N) is 1. The third kappa shape index (κ3) is 4.10. The lowest BCUT2D eigenvalue weighted by Gasteiger charge is -2.25. The zero-order chi connectivity index (χ0) is 16.9. The lowest BCUT2D eigenvalue weighted by atomic mass is 10.1. The topological polar surface area (TPSA) is 32.3 Å². The molecule has 0 aliphatic carbocycles. The van der Waals surface area contributed by atoms with Crippen molar-refractivity contribution in [2.45, 2.75) is 18.9 Å². The molecule has 126 valence electrons. The molecule has 0 saturated carbocycles. The van der Waals surface area contributed by atoms with Crippen molar-refractivity contribution in [1.82, 2.24) is 10.2 Å². The average molecular weight is 363 g/mol. The number of rotatable bonds is 5. The van der Waals surface area contributed by atoms with Crippen LogP contribution in [-0.4, -0.2) is 30.4 Å². The Morgan fingerprint density at radius 3 is 2.46 bits per heavy atom. The van der Waals surface area contributed by atoms with Crippen molar-refractivity contribution >= 4 is 29.1 Å². The summed E-state index contributed by atoms with van der Waals surface area (Å²) in [6.45, 7) is 2.96. The molecule has 5 heteroatoms. The second-order valence-corrected chi connectivity index (χ2v) is 6.83. The smallest absolute Gasteiger partial charge is 0.253 e. The van der Waals surface area contributed by atoms with Gasteiger partial charge in [0.15, 0.2) is 0 Å². The summed E-state index contributed by atoms with van der Waals surface area (Å²) in [7, 11) is 0. The van der Waals surface area contributed by atoms with Crippen LogP contribution in [0, 0.1) is 0 Å². The van der Waals surface area contributed by atoms with Gasteiger partial charge in [0.25, 0.3) is 5.91 Å². The molecular weight excluding hydrogens is 343 g/mol. The van der Waals surface area contributed by atoms with Crippen molar-refractivity contribution < 1.29 is 4.79 Å². The van der Waals surface area contributed by atoms with Crippen LogP contribution in [0.5, 0.6) is 0 Å². The van der Waals surface area contributed by atoms with Crippen LogP contribution >= 0.6 is 23.2 Å². The van der Waals surface area contributed by atoms with Gasteiger partial charge in [-0.15, -0.1) is 0 Å². The summed E-state index contributed by atoms with van der Waals surface area (Å²) in [5.74, 6) is -0.199. The maximum Gasteiger partial charge on any atom is 0.253 e. The Morgan fingerprint density at radius 1 is 1.04 bits per heavy atom. The molecule has 0 unspecified atom stereocenters. The third-order valence-electron chi connectivity index (χ3n) is 4.34. The summed E-state index contributed by atoms with van der Waals surface area (Å²) in [6.07, 6.45) is 2.44. The predicted molar refractivity (Wildman–Crippen MR) is 98.8 cm³/mol. The molecule has 0 radical (unpaired) electrons. The molecule has 1 amide bonds. The van der Waals surface area contributed by atoms with Crippen molar-refractivity contribution in [1.29, 1.82) is 0 Å². The highest BCUT2D eigenvalue weighted by molar-refractivity contribution is 6.43. The Morgan fingerprint density at radius 2 is 1.75 bits per heavy atom. The summed E-state index contributed by atoms with van der Waals surface area (Å²) in [6, 6.07) is 15.1. The van der Waals surface area contributed by atoms with Crippen LogP contribution in [0.4, 0.5) is 0 Å². The number of carbonyl (C=O) groups excluding carboxylic acids is 1. The largest absolute Gasteiger partial charge is 0.344 e. The maximum atomic E-state index is 12.7. The molecule has 2 aromatic rings. The highest BCUT2D eigenvalue weighted by Gasteiger charge is 2.22. The molecule has 1 heterocycles. The van der Waals surface area contributed by atoms with E-state index in [2.05, 4.69) is 10.2 Å². The fourth-order valence-electron chi connectivity index (χ4n) is 3.06. The normalized spacial score (nSPS) is 16.1. The molecule has 24 heavy (non-hydrogen) atoms. The van der Waals surface area contributed by atoms with Crippen molar-refractivity contribution in [3.05, 3.63) is 69.7 Å². The highest BCUT2D eigenvalue weighted by atomic mass is 35.5. The molecule has 1 aliphatic heterocycles. The van der Waals surface area contributed by atoms with Gasteiger partial charge in [0, 0.05) is 6.54 Å². The van der Waals surface area contributed by atoms with Gasteiger partial charge in [-0.1, -0.05) is 59.6 Å². The van der Waals surface area contributed by atoms with E-state index in [-0.39, 0.29) is 11.9 Å². The van der Waals surface area contributed by atoms with Crippen LogP contribution in [-0.2, 0) is 0 Å². The average Bonchev–Trinajstić information content (AvgIpc) is 3.10. The molecule has 3 nitrogen and oxygen atoms in total. The summed E-state index contributed by atoms with van der Waals surface area (Å²) < 4.78 is 0. The molecule has 1 saturated heterocycles. The van der Waals surface area contributed by atoms with E-state index >= 15 is 0 Å². The zero-order valence-corrected chi connectivity index (χ0v) is 14.9. The Labute approximate surface area is 152 Å². The van der Waals surface area contributed by atoms with Crippen LogP contribution in [0.25, 0.3) is 0 Å². The van der Waals surface area contributed by atoms with Gasteiger partial charge < -0.3 is 10.2 Å². The molecule has 0 spiro atoms. The Hall–Kier alpha value is -1.55. The van der Waals surface area contributed by atoms with Gasteiger partial charge in [-0.25, -0.2) is 0 Å². The second kappa shape index (κ2) is 8.02. The van der Waals surface area contributed by atoms with Gasteiger partial charge in [0.1, 0.15) is 0 Å². The molecule has 1 atom stereocenters. The number of nitrogens with one attached hydrogen (secondary N) is 1. The van der Waals surface area contributed by atoms with Gasteiger partial charge >= 0.3 is 0 Å². The van der Waals surface area contributed by atoms with E-state index in [1.165, 1.54) is 12.8 Å². The molecule has 1 N–H and O–H groups in total. The number of carbonyl (C=O) groups is 1. The molecular formula is C19H20Cl2N2O. The van der Waals surface area contributed by atoms with Gasteiger partial charge in [0.05, 0.1) is 21.7 Å². The number of halogens is 2. The molecule has 1 aliphatic rings. The van der Waals surface area contributed by atoms with Gasteiger partial charge in [0.2, 0.25) is 0 Å². The monoisotopic (exact) mass is 362 g/mol. The third-order valence-corrected chi connectivity index (χ3v) is 5.16. The SMILES string of the molecule is O=C(N[C@H](CN1CCCC1)c1ccccc1)c1cccc(Cl)c1Cl. The summed E-state index contributed by atoms with van der Waals surface area (Å²) in [4.78, 5) is 15.1. The van der Waals surface area contributed by atoms with Gasteiger partial charge in [-0.3, -0.25) is 4.79 Å². The molecule has 0 aromatic heterocycles. The highest BCUT2D eigenvalue weighted by Crippen LogP contribution is 2.26. The minimum atomic E-state index is -0.199. The van der Waals surface area contributed by atoms with E-state index in [0.29, 0.717) is 15.6 Å². The fraction of sp³-hybridized carbons (Fsp3) is 0.316. The first-order valence-corrected chi connectivity index (χ1v) is 8.93. The number of likely N-dealkylation sites (tertiary alicyclic amines) is 1. The minimum absolute atomic E-state index is 0.0770. The first kappa shape index (κ1) is 17.3. The summed E-state index contributed by atoms with van der Waals surface area (Å²) >= 11 is 12.2. The lowest BCUT2D eigenvalue weighted by Crippen LogP contribution is -2.37. The molecule has 1 fully saturated rings. The van der Waals surface area contributed by atoms with Crippen LogP contribution in [0.1, 0.15) is 34.8 Å².